The first kappa shape index (κ1) is 7.54. The molecule has 0 aliphatic rings. The fourth-order valence-corrected chi connectivity index (χ4v) is 1.15. The first-order chi connectivity index (χ1) is 4.63. The van der Waals surface area contributed by atoms with Crippen LogP contribution in [0.4, 0.5) is 5.82 Å². The topological polar surface area (TPSA) is 40.2 Å². The highest BCUT2D eigenvalue weighted by Crippen LogP contribution is 2.18. The summed E-state index contributed by atoms with van der Waals surface area (Å²) in [6, 6.07) is 0. The smallest absolute Gasteiger partial charge is 0.273 e. The van der Waals surface area contributed by atoms with Gasteiger partial charge in [-0.1, -0.05) is 0 Å². The standard InChI is InChI=1S/C7H9BrN2/c1-4-5(2)7(9)10-3-6(4)8/h3H,1-2H3,(H2,9,10)/p+1. The van der Waals surface area contributed by atoms with E-state index in [4.69, 9.17) is 5.73 Å². The maximum Gasteiger partial charge on any atom is 0.273 e. The molecule has 0 spiro atoms. The minimum absolute atomic E-state index is 0.737. The highest BCUT2D eigenvalue weighted by Gasteiger charge is 2.05. The van der Waals surface area contributed by atoms with Crippen molar-refractivity contribution < 1.29 is 4.98 Å². The molecule has 3 N–H and O–H groups in total. The molecular formula is C7H10BrN2+. The fraction of sp³-hybridized carbons (Fsp3) is 0.286. The molecule has 0 fully saturated rings. The van der Waals surface area contributed by atoms with E-state index >= 15 is 0 Å². The Bertz CT molecular complexity index is 231. The van der Waals surface area contributed by atoms with Gasteiger partial charge in [0.05, 0.1) is 4.47 Å². The van der Waals surface area contributed by atoms with Gasteiger partial charge in [-0.2, -0.15) is 0 Å². The Kier molecular flexibility index (Phi) is 1.94. The van der Waals surface area contributed by atoms with Crippen molar-refractivity contribution >= 4 is 21.7 Å². The van der Waals surface area contributed by atoms with Crippen molar-refractivity contribution in [2.24, 2.45) is 0 Å². The molecule has 0 saturated heterocycles. The molecule has 0 bridgehead atoms. The molecule has 0 aliphatic carbocycles. The highest BCUT2D eigenvalue weighted by molar-refractivity contribution is 9.10. The molecule has 3 heteroatoms. The lowest BCUT2D eigenvalue weighted by atomic mass is 10.2. The van der Waals surface area contributed by atoms with E-state index in [0.717, 1.165) is 15.9 Å². The Balaban J connectivity index is 3.34. The van der Waals surface area contributed by atoms with Crippen LogP contribution < -0.4 is 10.7 Å². The lowest BCUT2D eigenvalue weighted by molar-refractivity contribution is -0.361. The van der Waals surface area contributed by atoms with Crippen LogP contribution in [0, 0.1) is 13.8 Å². The molecule has 0 atom stereocenters. The van der Waals surface area contributed by atoms with Crippen molar-refractivity contribution in [3.8, 4) is 0 Å². The Morgan fingerprint density at radius 3 is 2.50 bits per heavy atom. The quantitative estimate of drug-likeness (QED) is 0.679. The Hall–Kier alpha value is -0.570. The van der Waals surface area contributed by atoms with Gasteiger partial charge in [-0.05, 0) is 35.3 Å². The van der Waals surface area contributed by atoms with Gasteiger partial charge in [-0.3, -0.25) is 5.73 Å². The molecule has 0 amide bonds. The molecular weight excluding hydrogens is 192 g/mol. The second kappa shape index (κ2) is 2.58. The van der Waals surface area contributed by atoms with Crippen LogP contribution in [0.5, 0.6) is 0 Å². The zero-order valence-electron chi connectivity index (χ0n) is 6.03. The number of pyridine rings is 1. The molecule has 0 aliphatic heterocycles. The Morgan fingerprint density at radius 1 is 1.40 bits per heavy atom. The number of rotatable bonds is 0. The van der Waals surface area contributed by atoms with Crippen LogP contribution in [0.25, 0.3) is 0 Å². The predicted molar refractivity (Wildman–Crippen MR) is 44.6 cm³/mol. The van der Waals surface area contributed by atoms with Gasteiger partial charge in [0.25, 0.3) is 5.82 Å². The van der Waals surface area contributed by atoms with E-state index in [2.05, 4.69) is 20.9 Å². The second-order valence-corrected chi connectivity index (χ2v) is 3.15. The molecule has 1 rings (SSSR count). The Labute approximate surface area is 68.6 Å². The first-order valence-corrected chi connectivity index (χ1v) is 3.85. The normalized spacial score (nSPS) is 9.90. The molecule has 1 aromatic heterocycles. The maximum atomic E-state index is 5.61. The number of aromatic amines is 1. The minimum atomic E-state index is 0.737. The number of nitrogens with two attached hydrogens (primary N) is 1. The highest BCUT2D eigenvalue weighted by atomic mass is 79.9. The van der Waals surface area contributed by atoms with Crippen LogP contribution in [0.1, 0.15) is 11.1 Å². The van der Waals surface area contributed by atoms with E-state index in [0.29, 0.717) is 0 Å². The summed E-state index contributed by atoms with van der Waals surface area (Å²) >= 11 is 3.39. The maximum absolute atomic E-state index is 5.61. The molecule has 54 valence electrons. The first-order valence-electron chi connectivity index (χ1n) is 3.06. The summed E-state index contributed by atoms with van der Waals surface area (Å²) in [4.78, 5) is 2.94. The minimum Gasteiger partial charge on any atom is -0.287 e. The average molecular weight is 202 g/mol. The monoisotopic (exact) mass is 201 g/mol. The molecule has 1 aromatic rings. The van der Waals surface area contributed by atoms with E-state index in [1.807, 2.05) is 20.0 Å². The van der Waals surface area contributed by atoms with Gasteiger partial charge in [0.15, 0.2) is 0 Å². The fourth-order valence-electron chi connectivity index (χ4n) is 0.739. The van der Waals surface area contributed by atoms with Crippen LogP contribution >= 0.6 is 15.9 Å². The van der Waals surface area contributed by atoms with Crippen LogP contribution in [-0.2, 0) is 0 Å². The van der Waals surface area contributed by atoms with Crippen LogP contribution in [0.3, 0.4) is 0 Å². The lowest BCUT2D eigenvalue weighted by Crippen LogP contribution is -2.12. The average Bonchev–Trinajstić information content (AvgIpc) is 1.93. The van der Waals surface area contributed by atoms with Crippen molar-refractivity contribution in [3.05, 3.63) is 21.8 Å². The summed E-state index contributed by atoms with van der Waals surface area (Å²) in [5.41, 5.74) is 7.91. The van der Waals surface area contributed by atoms with Crippen LogP contribution in [0.2, 0.25) is 0 Å². The van der Waals surface area contributed by atoms with Crippen LogP contribution in [0.15, 0.2) is 10.7 Å². The van der Waals surface area contributed by atoms with E-state index in [1.54, 1.807) is 0 Å². The molecule has 1 heterocycles. The van der Waals surface area contributed by atoms with Gasteiger partial charge in [0.2, 0.25) is 0 Å². The molecule has 0 saturated carbocycles. The second-order valence-electron chi connectivity index (χ2n) is 2.30. The summed E-state index contributed by atoms with van der Waals surface area (Å²) in [5.74, 6) is 0.737. The van der Waals surface area contributed by atoms with Gasteiger partial charge >= 0.3 is 0 Å². The largest absolute Gasteiger partial charge is 0.287 e. The molecule has 2 nitrogen and oxygen atoms in total. The summed E-state index contributed by atoms with van der Waals surface area (Å²) in [5, 5.41) is 0. The zero-order chi connectivity index (χ0) is 7.72. The zero-order valence-corrected chi connectivity index (χ0v) is 7.62. The number of anilines is 1. The number of hydrogen-bond acceptors (Lipinski definition) is 1. The molecule has 0 aromatic carbocycles. The van der Waals surface area contributed by atoms with Gasteiger partial charge in [0.1, 0.15) is 6.20 Å². The number of aromatic nitrogens is 1. The van der Waals surface area contributed by atoms with Crippen molar-refractivity contribution in [1.29, 1.82) is 0 Å². The van der Waals surface area contributed by atoms with Gasteiger partial charge in [0, 0.05) is 5.56 Å². The third-order valence-electron chi connectivity index (χ3n) is 1.68. The van der Waals surface area contributed by atoms with E-state index < -0.39 is 0 Å². The summed E-state index contributed by atoms with van der Waals surface area (Å²) in [7, 11) is 0. The van der Waals surface area contributed by atoms with E-state index in [9.17, 15) is 0 Å². The van der Waals surface area contributed by atoms with Gasteiger partial charge < -0.3 is 0 Å². The molecule has 10 heavy (non-hydrogen) atoms. The lowest BCUT2D eigenvalue weighted by Gasteiger charge is -1.99. The molecule has 0 unspecified atom stereocenters. The third kappa shape index (κ3) is 1.14. The number of halogens is 1. The van der Waals surface area contributed by atoms with Crippen molar-refractivity contribution in [1.82, 2.24) is 0 Å². The number of nitrogens with one attached hydrogen (secondary N) is 1. The number of H-pyrrole nitrogens is 1. The van der Waals surface area contributed by atoms with Crippen molar-refractivity contribution in [3.63, 3.8) is 0 Å². The Morgan fingerprint density at radius 2 is 2.00 bits per heavy atom. The predicted octanol–water partition coefficient (Wildman–Crippen LogP) is 1.46. The van der Waals surface area contributed by atoms with Crippen molar-refractivity contribution in [2.75, 3.05) is 5.73 Å². The summed E-state index contributed by atoms with van der Waals surface area (Å²) in [6.45, 7) is 4.02. The third-order valence-corrected chi connectivity index (χ3v) is 2.50. The number of hydrogen-bond donors (Lipinski definition) is 1. The van der Waals surface area contributed by atoms with Crippen LogP contribution in [-0.4, -0.2) is 0 Å². The van der Waals surface area contributed by atoms with E-state index in [1.165, 1.54) is 5.56 Å². The van der Waals surface area contributed by atoms with E-state index in [-0.39, 0.29) is 0 Å². The molecule has 0 radical (unpaired) electrons. The van der Waals surface area contributed by atoms with Crippen molar-refractivity contribution in [2.45, 2.75) is 13.8 Å². The van der Waals surface area contributed by atoms with Gasteiger partial charge in [-0.15, -0.1) is 0 Å². The SMILES string of the molecule is Cc1c(Br)c[nH+]c(N)c1C. The summed E-state index contributed by atoms with van der Waals surface area (Å²) in [6.07, 6.45) is 1.84. The summed E-state index contributed by atoms with van der Waals surface area (Å²) < 4.78 is 1.07. The van der Waals surface area contributed by atoms with Gasteiger partial charge in [-0.25, -0.2) is 4.98 Å². The number of nitrogen functional groups attached to an aromatic ring is 1.